The van der Waals surface area contributed by atoms with Crippen LogP contribution in [0, 0.1) is 17.0 Å². The van der Waals surface area contributed by atoms with E-state index in [4.69, 9.17) is 0 Å². The van der Waals surface area contributed by atoms with Crippen molar-refractivity contribution >= 4 is 38.9 Å². The summed E-state index contributed by atoms with van der Waals surface area (Å²) in [5, 5.41) is 16.5. The van der Waals surface area contributed by atoms with Crippen molar-refractivity contribution < 1.29 is 9.72 Å². The molecule has 0 unspecified atom stereocenters. The van der Waals surface area contributed by atoms with Gasteiger partial charge in [-0.3, -0.25) is 14.9 Å². The van der Waals surface area contributed by atoms with Crippen LogP contribution in [0.25, 0.3) is 0 Å². The molecule has 1 amide bonds. The van der Waals surface area contributed by atoms with Gasteiger partial charge in [0.2, 0.25) is 0 Å². The number of nitro groups is 1. The lowest BCUT2D eigenvalue weighted by Crippen LogP contribution is -2.25. The molecule has 0 spiro atoms. The second-order valence-corrected chi connectivity index (χ2v) is 6.11. The SMILES string of the molecule is Cc1csc(CCNC(=O)c2ccc(Br)c([N+](=O)[O-])c2)n1. The first-order valence-corrected chi connectivity index (χ1v) is 7.78. The fourth-order valence-electron chi connectivity index (χ4n) is 1.70. The van der Waals surface area contributed by atoms with Crippen molar-refractivity contribution in [1.29, 1.82) is 0 Å². The molecule has 1 aromatic heterocycles. The van der Waals surface area contributed by atoms with Crippen LogP contribution in [0.1, 0.15) is 21.1 Å². The highest BCUT2D eigenvalue weighted by Gasteiger charge is 2.15. The van der Waals surface area contributed by atoms with Gasteiger partial charge in [-0.2, -0.15) is 0 Å². The number of nitro benzene ring substituents is 1. The molecule has 0 saturated carbocycles. The van der Waals surface area contributed by atoms with Gasteiger partial charge in [0.1, 0.15) is 0 Å². The third-order valence-electron chi connectivity index (χ3n) is 2.70. The number of hydrogen-bond donors (Lipinski definition) is 1. The largest absolute Gasteiger partial charge is 0.352 e. The highest BCUT2D eigenvalue weighted by Crippen LogP contribution is 2.25. The molecule has 0 radical (unpaired) electrons. The molecule has 2 aromatic rings. The molecule has 0 aliphatic carbocycles. The van der Waals surface area contributed by atoms with Gasteiger partial charge in [0, 0.05) is 35.7 Å². The number of benzene rings is 1. The van der Waals surface area contributed by atoms with Gasteiger partial charge in [0.25, 0.3) is 11.6 Å². The van der Waals surface area contributed by atoms with Crippen LogP contribution in [0.2, 0.25) is 0 Å². The topological polar surface area (TPSA) is 85.1 Å². The molecule has 2 rings (SSSR count). The summed E-state index contributed by atoms with van der Waals surface area (Å²) in [6.07, 6.45) is 0.642. The molecule has 8 heteroatoms. The zero-order chi connectivity index (χ0) is 15.4. The van der Waals surface area contributed by atoms with Gasteiger partial charge in [-0.25, -0.2) is 4.98 Å². The maximum atomic E-state index is 12.0. The lowest BCUT2D eigenvalue weighted by molar-refractivity contribution is -0.385. The van der Waals surface area contributed by atoms with Crippen molar-refractivity contribution in [2.75, 3.05) is 6.54 Å². The summed E-state index contributed by atoms with van der Waals surface area (Å²) in [6.45, 7) is 2.36. The number of carbonyl (C=O) groups excluding carboxylic acids is 1. The Balaban J connectivity index is 1.97. The van der Waals surface area contributed by atoms with Gasteiger partial charge >= 0.3 is 0 Å². The molecule has 1 N–H and O–H groups in total. The first-order valence-electron chi connectivity index (χ1n) is 6.10. The second kappa shape index (κ2) is 6.77. The lowest BCUT2D eigenvalue weighted by atomic mass is 10.2. The fraction of sp³-hybridized carbons (Fsp3) is 0.231. The van der Waals surface area contributed by atoms with E-state index in [9.17, 15) is 14.9 Å². The molecule has 0 fully saturated rings. The maximum absolute atomic E-state index is 12.0. The Morgan fingerprint density at radius 3 is 2.90 bits per heavy atom. The summed E-state index contributed by atoms with van der Waals surface area (Å²) >= 11 is 4.63. The Labute approximate surface area is 133 Å². The minimum absolute atomic E-state index is 0.127. The van der Waals surface area contributed by atoms with E-state index in [0.717, 1.165) is 10.7 Å². The van der Waals surface area contributed by atoms with Crippen molar-refractivity contribution in [3.8, 4) is 0 Å². The van der Waals surface area contributed by atoms with Crippen LogP contribution in [0.15, 0.2) is 28.1 Å². The zero-order valence-electron chi connectivity index (χ0n) is 11.1. The van der Waals surface area contributed by atoms with E-state index in [1.807, 2.05) is 12.3 Å². The Bertz CT molecular complexity index is 687. The van der Waals surface area contributed by atoms with E-state index >= 15 is 0 Å². The Kier molecular flexibility index (Phi) is 5.03. The van der Waals surface area contributed by atoms with Crippen LogP contribution in [0.3, 0.4) is 0 Å². The molecule has 6 nitrogen and oxygen atoms in total. The summed E-state index contributed by atoms with van der Waals surface area (Å²) in [4.78, 5) is 26.6. The predicted molar refractivity (Wildman–Crippen MR) is 83.7 cm³/mol. The molecule has 1 heterocycles. The summed E-state index contributed by atoms with van der Waals surface area (Å²) in [5.74, 6) is -0.334. The van der Waals surface area contributed by atoms with Crippen LogP contribution >= 0.6 is 27.3 Å². The van der Waals surface area contributed by atoms with Gasteiger partial charge in [0.15, 0.2) is 0 Å². The smallest absolute Gasteiger partial charge is 0.284 e. The van der Waals surface area contributed by atoms with Crippen LogP contribution in [-0.4, -0.2) is 22.4 Å². The molecule has 21 heavy (non-hydrogen) atoms. The van der Waals surface area contributed by atoms with Gasteiger partial charge in [-0.15, -0.1) is 11.3 Å². The van der Waals surface area contributed by atoms with Crippen molar-refractivity contribution in [1.82, 2.24) is 10.3 Å². The normalized spacial score (nSPS) is 10.4. The number of nitrogens with zero attached hydrogens (tertiary/aromatic N) is 2. The van der Waals surface area contributed by atoms with E-state index in [0.29, 0.717) is 17.4 Å². The third kappa shape index (κ3) is 4.08. The first-order chi connectivity index (χ1) is 9.97. The molecular formula is C13H12BrN3O3S. The number of rotatable bonds is 5. The Hall–Kier alpha value is -1.80. The predicted octanol–water partition coefficient (Wildman–Crippen LogP) is 3.09. The minimum atomic E-state index is -0.529. The van der Waals surface area contributed by atoms with Crippen LogP contribution in [0.4, 0.5) is 5.69 Å². The summed E-state index contributed by atoms with van der Waals surface area (Å²) in [5.41, 5.74) is 1.10. The van der Waals surface area contributed by atoms with Gasteiger partial charge in [-0.1, -0.05) is 0 Å². The zero-order valence-corrected chi connectivity index (χ0v) is 13.5. The van der Waals surface area contributed by atoms with Crippen molar-refractivity contribution in [3.05, 3.63) is 54.4 Å². The van der Waals surface area contributed by atoms with E-state index in [1.54, 1.807) is 17.4 Å². The molecular weight excluding hydrogens is 358 g/mol. The average molecular weight is 370 g/mol. The van der Waals surface area contributed by atoms with Crippen LogP contribution < -0.4 is 5.32 Å². The van der Waals surface area contributed by atoms with Crippen LogP contribution in [0.5, 0.6) is 0 Å². The summed E-state index contributed by atoms with van der Waals surface area (Å²) < 4.78 is 0.349. The molecule has 0 bridgehead atoms. The number of hydrogen-bond acceptors (Lipinski definition) is 5. The monoisotopic (exact) mass is 369 g/mol. The fourth-order valence-corrected chi connectivity index (χ4v) is 2.86. The molecule has 0 aliphatic rings. The van der Waals surface area contributed by atoms with Crippen molar-refractivity contribution in [2.45, 2.75) is 13.3 Å². The number of carbonyl (C=O) groups is 1. The highest BCUT2D eigenvalue weighted by atomic mass is 79.9. The standard InChI is InChI=1S/C13H12BrN3O3S/c1-8-7-21-12(16-8)4-5-15-13(18)9-2-3-10(14)11(6-9)17(19)20/h2-3,6-7H,4-5H2,1H3,(H,15,18). The van der Waals surface area contributed by atoms with Gasteiger partial charge in [-0.05, 0) is 35.0 Å². The molecule has 110 valence electrons. The number of nitrogens with one attached hydrogen (secondary N) is 1. The summed E-state index contributed by atoms with van der Waals surface area (Å²) in [6, 6.07) is 4.30. The number of aromatic nitrogens is 1. The number of aryl methyl sites for hydroxylation is 1. The summed E-state index contributed by atoms with van der Waals surface area (Å²) in [7, 11) is 0. The molecule has 0 saturated heterocycles. The molecule has 0 atom stereocenters. The minimum Gasteiger partial charge on any atom is -0.352 e. The Morgan fingerprint density at radius 2 is 2.29 bits per heavy atom. The maximum Gasteiger partial charge on any atom is 0.284 e. The van der Waals surface area contributed by atoms with E-state index in [2.05, 4.69) is 26.2 Å². The van der Waals surface area contributed by atoms with E-state index in [-0.39, 0.29) is 17.2 Å². The van der Waals surface area contributed by atoms with E-state index < -0.39 is 4.92 Å². The lowest BCUT2D eigenvalue weighted by Gasteiger charge is -2.04. The number of amides is 1. The second-order valence-electron chi connectivity index (χ2n) is 4.31. The highest BCUT2D eigenvalue weighted by molar-refractivity contribution is 9.10. The number of halogens is 1. The van der Waals surface area contributed by atoms with Crippen LogP contribution in [-0.2, 0) is 6.42 Å². The van der Waals surface area contributed by atoms with E-state index in [1.165, 1.54) is 12.1 Å². The van der Waals surface area contributed by atoms with Crippen molar-refractivity contribution in [2.24, 2.45) is 0 Å². The average Bonchev–Trinajstić information content (AvgIpc) is 2.84. The quantitative estimate of drug-likeness (QED) is 0.647. The van der Waals surface area contributed by atoms with Gasteiger partial charge in [0.05, 0.1) is 14.4 Å². The third-order valence-corrected chi connectivity index (χ3v) is 4.39. The molecule has 0 aliphatic heterocycles. The van der Waals surface area contributed by atoms with Gasteiger partial charge < -0.3 is 5.32 Å². The molecule has 1 aromatic carbocycles. The first kappa shape index (κ1) is 15.6. The van der Waals surface area contributed by atoms with Crippen molar-refractivity contribution in [3.63, 3.8) is 0 Å². The number of thiazole rings is 1. The Morgan fingerprint density at radius 1 is 1.52 bits per heavy atom.